The summed E-state index contributed by atoms with van der Waals surface area (Å²) in [5.41, 5.74) is 9.35. The van der Waals surface area contributed by atoms with Crippen LogP contribution < -0.4 is 16.8 Å². The number of carbonyl (C=O) groups is 1. The molecule has 0 aromatic carbocycles. The molecule has 0 saturated carbocycles. The summed E-state index contributed by atoms with van der Waals surface area (Å²) in [4.78, 5) is 10.9. The zero-order chi connectivity index (χ0) is 12.0. The first-order valence-corrected chi connectivity index (χ1v) is 5.02. The predicted octanol–water partition coefficient (Wildman–Crippen LogP) is -0.797. The molecule has 0 heterocycles. The highest BCUT2D eigenvalue weighted by Gasteiger charge is 2.29. The number of rotatable bonds is 5. The van der Waals surface area contributed by atoms with Gasteiger partial charge in [0.05, 0.1) is 12.7 Å². The molecule has 6 N–H and O–H groups in total. The van der Waals surface area contributed by atoms with E-state index in [2.05, 4.69) is 5.32 Å². The Morgan fingerprint density at radius 3 is 2.88 bits per heavy atom. The minimum absolute atomic E-state index is 0.0367. The quantitative estimate of drug-likeness (QED) is 0.461. The van der Waals surface area contributed by atoms with Crippen molar-refractivity contribution < 1.29 is 14.6 Å². The first-order valence-electron chi connectivity index (χ1n) is 5.02. The van der Waals surface area contributed by atoms with Gasteiger partial charge in [-0.25, -0.2) is 4.79 Å². The second kappa shape index (κ2) is 5.64. The van der Waals surface area contributed by atoms with Crippen LogP contribution in [-0.4, -0.2) is 36.1 Å². The molecule has 1 aliphatic rings. The molecule has 6 nitrogen and oxygen atoms in total. The van der Waals surface area contributed by atoms with Gasteiger partial charge in [0.2, 0.25) is 0 Å². The molecule has 6 heteroatoms. The topological polar surface area (TPSA) is 111 Å². The molecule has 1 rings (SSSR count). The molecule has 2 amide bonds. The third kappa shape index (κ3) is 3.65. The SMILES string of the molecule is NCC(O)COC1(NC(N)=O)C=CC=CC1. The Bertz CT molecular complexity index is 304. The Morgan fingerprint density at radius 2 is 2.38 bits per heavy atom. The molecule has 2 atom stereocenters. The van der Waals surface area contributed by atoms with Crippen molar-refractivity contribution >= 4 is 6.03 Å². The Kier molecular flexibility index (Phi) is 4.48. The second-order valence-corrected chi connectivity index (χ2v) is 3.57. The summed E-state index contributed by atoms with van der Waals surface area (Å²) in [6, 6.07) is -0.679. The molecule has 0 saturated heterocycles. The standard InChI is InChI=1S/C10H17N3O3/c11-6-8(14)7-16-10(13-9(12)15)4-2-1-3-5-10/h1-4,8,14H,5-7,11H2,(H3,12,13,15). The molecule has 2 unspecified atom stereocenters. The third-order valence-electron chi connectivity index (χ3n) is 2.17. The number of hydrogen-bond acceptors (Lipinski definition) is 4. The maximum absolute atomic E-state index is 10.9. The minimum Gasteiger partial charge on any atom is -0.389 e. The van der Waals surface area contributed by atoms with Gasteiger partial charge < -0.3 is 26.6 Å². The van der Waals surface area contributed by atoms with Gasteiger partial charge in [0.15, 0.2) is 5.72 Å². The first-order chi connectivity index (χ1) is 7.58. The number of amides is 2. The van der Waals surface area contributed by atoms with E-state index in [9.17, 15) is 9.90 Å². The summed E-state index contributed by atoms with van der Waals surface area (Å²) in [6.07, 6.45) is 6.80. The van der Waals surface area contributed by atoms with E-state index in [0.717, 1.165) is 0 Å². The van der Waals surface area contributed by atoms with Crippen molar-refractivity contribution in [3.8, 4) is 0 Å². The van der Waals surface area contributed by atoms with Gasteiger partial charge in [0.25, 0.3) is 0 Å². The second-order valence-electron chi connectivity index (χ2n) is 3.57. The third-order valence-corrected chi connectivity index (χ3v) is 2.17. The number of allylic oxidation sites excluding steroid dienone is 2. The molecule has 0 aromatic rings. The molecular weight excluding hydrogens is 210 g/mol. The van der Waals surface area contributed by atoms with Crippen LogP contribution in [0.2, 0.25) is 0 Å². The van der Waals surface area contributed by atoms with Crippen molar-refractivity contribution in [2.24, 2.45) is 11.5 Å². The Morgan fingerprint density at radius 1 is 1.62 bits per heavy atom. The number of carbonyl (C=O) groups excluding carboxylic acids is 1. The van der Waals surface area contributed by atoms with Crippen LogP contribution in [0.3, 0.4) is 0 Å². The summed E-state index contributed by atoms with van der Waals surface area (Å²) < 4.78 is 5.45. The summed E-state index contributed by atoms with van der Waals surface area (Å²) in [7, 11) is 0. The molecule has 16 heavy (non-hydrogen) atoms. The Balaban J connectivity index is 2.61. The molecule has 0 spiro atoms. The zero-order valence-electron chi connectivity index (χ0n) is 8.93. The monoisotopic (exact) mass is 227 g/mol. The van der Waals surface area contributed by atoms with Gasteiger partial charge in [0, 0.05) is 13.0 Å². The normalized spacial score (nSPS) is 25.4. The van der Waals surface area contributed by atoms with E-state index < -0.39 is 17.9 Å². The number of ether oxygens (including phenoxy) is 1. The number of hydrogen-bond donors (Lipinski definition) is 4. The van der Waals surface area contributed by atoms with E-state index in [1.165, 1.54) is 0 Å². The fourth-order valence-corrected chi connectivity index (χ4v) is 1.36. The highest BCUT2D eigenvalue weighted by atomic mass is 16.5. The van der Waals surface area contributed by atoms with Gasteiger partial charge in [-0.1, -0.05) is 18.2 Å². The maximum atomic E-state index is 10.9. The van der Waals surface area contributed by atoms with E-state index in [1.807, 2.05) is 12.2 Å². The van der Waals surface area contributed by atoms with Crippen LogP contribution in [0.5, 0.6) is 0 Å². The average Bonchev–Trinajstić information content (AvgIpc) is 2.26. The molecule has 1 aliphatic carbocycles. The highest BCUT2D eigenvalue weighted by Crippen LogP contribution is 2.19. The van der Waals surface area contributed by atoms with Crippen LogP contribution in [0.1, 0.15) is 6.42 Å². The van der Waals surface area contributed by atoms with Crippen molar-refractivity contribution in [1.29, 1.82) is 0 Å². The molecular formula is C10H17N3O3. The molecule has 0 bridgehead atoms. The van der Waals surface area contributed by atoms with Crippen molar-refractivity contribution in [1.82, 2.24) is 5.32 Å². The van der Waals surface area contributed by atoms with E-state index in [0.29, 0.717) is 6.42 Å². The molecule has 0 radical (unpaired) electrons. The zero-order valence-corrected chi connectivity index (χ0v) is 8.93. The van der Waals surface area contributed by atoms with E-state index in [-0.39, 0.29) is 13.2 Å². The van der Waals surface area contributed by atoms with E-state index in [1.54, 1.807) is 12.2 Å². The smallest absolute Gasteiger partial charge is 0.314 e. The predicted molar refractivity (Wildman–Crippen MR) is 59.4 cm³/mol. The van der Waals surface area contributed by atoms with Gasteiger partial charge in [-0.3, -0.25) is 0 Å². The van der Waals surface area contributed by atoms with Crippen LogP contribution >= 0.6 is 0 Å². The van der Waals surface area contributed by atoms with Crippen LogP contribution in [0, 0.1) is 0 Å². The van der Waals surface area contributed by atoms with E-state index >= 15 is 0 Å². The molecule has 0 aromatic heterocycles. The molecule has 0 aliphatic heterocycles. The summed E-state index contributed by atoms with van der Waals surface area (Å²) in [6.45, 7) is 0.140. The largest absolute Gasteiger partial charge is 0.389 e. The highest BCUT2D eigenvalue weighted by molar-refractivity contribution is 5.72. The number of primary amides is 1. The van der Waals surface area contributed by atoms with Gasteiger partial charge in [-0.2, -0.15) is 0 Å². The van der Waals surface area contributed by atoms with Crippen molar-refractivity contribution in [3.05, 3.63) is 24.3 Å². The summed E-state index contributed by atoms with van der Waals surface area (Å²) >= 11 is 0. The van der Waals surface area contributed by atoms with Crippen molar-refractivity contribution in [2.45, 2.75) is 18.2 Å². The first kappa shape index (κ1) is 12.7. The van der Waals surface area contributed by atoms with Gasteiger partial charge >= 0.3 is 6.03 Å². The van der Waals surface area contributed by atoms with E-state index in [4.69, 9.17) is 16.2 Å². The van der Waals surface area contributed by atoms with Crippen LogP contribution in [0.15, 0.2) is 24.3 Å². The fraction of sp³-hybridized carbons (Fsp3) is 0.500. The van der Waals surface area contributed by atoms with Gasteiger partial charge in [0.1, 0.15) is 0 Å². The van der Waals surface area contributed by atoms with Crippen molar-refractivity contribution in [2.75, 3.05) is 13.2 Å². The summed E-state index contributed by atoms with van der Waals surface area (Å²) in [5, 5.41) is 11.8. The number of aliphatic hydroxyl groups is 1. The lowest BCUT2D eigenvalue weighted by atomic mass is 10.0. The Labute approximate surface area is 93.9 Å². The number of urea groups is 1. The lowest BCUT2D eigenvalue weighted by Crippen LogP contribution is -2.52. The number of aliphatic hydroxyl groups excluding tert-OH is 1. The maximum Gasteiger partial charge on any atom is 0.314 e. The van der Waals surface area contributed by atoms with Crippen LogP contribution in [0.25, 0.3) is 0 Å². The lowest BCUT2D eigenvalue weighted by molar-refractivity contribution is -0.0598. The Hall–Kier alpha value is -1.37. The lowest BCUT2D eigenvalue weighted by Gasteiger charge is -2.32. The van der Waals surface area contributed by atoms with Crippen LogP contribution in [0.4, 0.5) is 4.79 Å². The number of nitrogens with one attached hydrogen (secondary N) is 1. The molecule has 90 valence electrons. The average molecular weight is 227 g/mol. The van der Waals surface area contributed by atoms with Gasteiger partial charge in [-0.15, -0.1) is 0 Å². The summed E-state index contributed by atoms with van der Waals surface area (Å²) in [5.74, 6) is 0. The minimum atomic E-state index is -0.975. The van der Waals surface area contributed by atoms with Crippen molar-refractivity contribution in [3.63, 3.8) is 0 Å². The van der Waals surface area contributed by atoms with Crippen LogP contribution in [-0.2, 0) is 4.74 Å². The molecule has 0 fully saturated rings. The fourth-order valence-electron chi connectivity index (χ4n) is 1.36. The number of nitrogens with two attached hydrogens (primary N) is 2. The van der Waals surface area contributed by atoms with Gasteiger partial charge in [-0.05, 0) is 6.08 Å².